The molecule has 1 unspecified atom stereocenters. The van der Waals surface area contributed by atoms with Gasteiger partial charge in [0.05, 0.1) is 0 Å². The maximum Gasteiger partial charge on any atom is 0.410 e. The molecule has 0 radical (unpaired) electrons. The van der Waals surface area contributed by atoms with Crippen molar-refractivity contribution in [3.8, 4) is 0 Å². The molecule has 1 aromatic carbocycles. The van der Waals surface area contributed by atoms with Crippen LogP contribution in [0.25, 0.3) is 0 Å². The molecule has 1 atom stereocenters. The lowest BCUT2D eigenvalue weighted by Crippen LogP contribution is -2.36. The summed E-state index contributed by atoms with van der Waals surface area (Å²) in [5, 5.41) is 3.52. The summed E-state index contributed by atoms with van der Waals surface area (Å²) in [5.41, 5.74) is 1.86. The minimum absolute atomic E-state index is 0.224. The van der Waals surface area contributed by atoms with E-state index in [0.29, 0.717) is 6.54 Å². The highest BCUT2D eigenvalue weighted by atomic mass is 79.9. The largest absolute Gasteiger partial charge is 0.444 e. The molecular formula is C16H23BrN2O2. The number of rotatable bonds is 2. The smallest absolute Gasteiger partial charge is 0.410 e. The Balaban J connectivity index is 1.94. The number of halogens is 1. The van der Waals surface area contributed by atoms with Crippen molar-refractivity contribution in [2.45, 2.75) is 45.8 Å². The predicted octanol–water partition coefficient (Wildman–Crippen LogP) is 4.18. The van der Waals surface area contributed by atoms with Crippen LogP contribution < -0.4 is 5.32 Å². The maximum absolute atomic E-state index is 12.0. The number of amides is 1. The first-order valence-electron chi connectivity index (χ1n) is 7.26. The van der Waals surface area contributed by atoms with Crippen LogP contribution in [-0.4, -0.2) is 35.7 Å². The molecule has 4 nitrogen and oxygen atoms in total. The summed E-state index contributed by atoms with van der Waals surface area (Å²) < 4.78 is 6.51. The van der Waals surface area contributed by atoms with Crippen molar-refractivity contribution in [3.05, 3.63) is 28.2 Å². The highest BCUT2D eigenvalue weighted by Crippen LogP contribution is 2.26. The molecule has 1 N–H and O–H groups in total. The molecule has 1 heterocycles. The van der Waals surface area contributed by atoms with Crippen molar-refractivity contribution < 1.29 is 9.53 Å². The molecule has 1 aliphatic rings. The maximum atomic E-state index is 12.0. The second kappa shape index (κ2) is 6.26. The molecule has 21 heavy (non-hydrogen) atoms. The van der Waals surface area contributed by atoms with E-state index in [-0.39, 0.29) is 12.1 Å². The number of carbonyl (C=O) groups excluding carboxylic acids is 1. The Hall–Kier alpha value is -1.23. The summed E-state index contributed by atoms with van der Waals surface area (Å²) in [6.45, 7) is 9.16. The molecule has 0 spiro atoms. The van der Waals surface area contributed by atoms with Crippen molar-refractivity contribution in [1.82, 2.24) is 4.90 Å². The lowest BCUT2D eigenvalue weighted by Gasteiger charge is -2.24. The minimum Gasteiger partial charge on any atom is -0.444 e. The average Bonchev–Trinajstić information content (AvgIpc) is 2.82. The first-order chi connectivity index (χ1) is 9.76. The van der Waals surface area contributed by atoms with Crippen LogP contribution in [0, 0.1) is 6.92 Å². The summed E-state index contributed by atoms with van der Waals surface area (Å²) in [4.78, 5) is 13.8. The van der Waals surface area contributed by atoms with Crippen LogP contribution in [0.3, 0.4) is 0 Å². The van der Waals surface area contributed by atoms with Gasteiger partial charge in [-0.05, 0) is 51.8 Å². The zero-order chi connectivity index (χ0) is 15.6. The standard InChI is InChI=1S/C16H23BrN2O2/c1-11-13(17)6-5-7-14(11)18-12-8-9-19(10-12)15(20)21-16(2,3)4/h5-7,12,18H,8-10H2,1-4H3. The lowest BCUT2D eigenvalue weighted by atomic mass is 10.1. The van der Waals surface area contributed by atoms with Crippen LogP contribution in [0.15, 0.2) is 22.7 Å². The fourth-order valence-corrected chi connectivity index (χ4v) is 2.72. The number of nitrogens with one attached hydrogen (secondary N) is 1. The number of nitrogens with zero attached hydrogens (tertiary/aromatic N) is 1. The topological polar surface area (TPSA) is 41.6 Å². The van der Waals surface area contributed by atoms with Gasteiger partial charge in [-0.3, -0.25) is 0 Å². The van der Waals surface area contributed by atoms with E-state index in [1.807, 2.05) is 32.9 Å². The Kier molecular flexibility index (Phi) is 4.81. The molecule has 0 bridgehead atoms. The van der Waals surface area contributed by atoms with Gasteiger partial charge in [-0.15, -0.1) is 0 Å². The fraction of sp³-hybridized carbons (Fsp3) is 0.562. The lowest BCUT2D eigenvalue weighted by molar-refractivity contribution is 0.0293. The fourth-order valence-electron chi connectivity index (χ4n) is 2.35. The highest BCUT2D eigenvalue weighted by Gasteiger charge is 2.29. The van der Waals surface area contributed by atoms with Crippen LogP contribution in [-0.2, 0) is 4.74 Å². The van der Waals surface area contributed by atoms with Gasteiger partial charge in [-0.2, -0.15) is 0 Å². The van der Waals surface area contributed by atoms with Crippen molar-refractivity contribution in [3.63, 3.8) is 0 Å². The van der Waals surface area contributed by atoms with Gasteiger partial charge in [0.1, 0.15) is 5.60 Å². The minimum atomic E-state index is -0.441. The average molecular weight is 355 g/mol. The van der Waals surface area contributed by atoms with Crippen molar-refractivity contribution >= 4 is 27.7 Å². The summed E-state index contributed by atoms with van der Waals surface area (Å²) in [6, 6.07) is 6.38. The Morgan fingerprint density at radius 3 is 2.81 bits per heavy atom. The van der Waals surface area contributed by atoms with Gasteiger partial charge in [0, 0.05) is 29.3 Å². The van der Waals surface area contributed by atoms with Gasteiger partial charge < -0.3 is 15.0 Å². The molecule has 5 heteroatoms. The molecule has 1 fully saturated rings. The summed E-state index contributed by atoms with van der Waals surface area (Å²) >= 11 is 3.54. The van der Waals surface area contributed by atoms with Crippen LogP contribution >= 0.6 is 15.9 Å². The Morgan fingerprint density at radius 2 is 2.14 bits per heavy atom. The van der Waals surface area contributed by atoms with E-state index in [2.05, 4.69) is 34.2 Å². The molecule has 1 aromatic rings. The SMILES string of the molecule is Cc1c(Br)cccc1NC1CCN(C(=O)OC(C)(C)C)C1. The van der Waals surface area contributed by atoms with E-state index in [0.717, 1.165) is 23.1 Å². The first kappa shape index (κ1) is 16.1. The zero-order valence-electron chi connectivity index (χ0n) is 13.1. The Bertz CT molecular complexity index is 525. The van der Waals surface area contributed by atoms with Crippen LogP contribution in [0.4, 0.5) is 10.5 Å². The molecular weight excluding hydrogens is 332 g/mol. The van der Waals surface area contributed by atoms with Crippen molar-refractivity contribution in [2.24, 2.45) is 0 Å². The molecule has 0 aliphatic carbocycles. The number of hydrogen-bond acceptors (Lipinski definition) is 3. The third-order valence-corrected chi connectivity index (χ3v) is 4.33. The van der Waals surface area contributed by atoms with Crippen molar-refractivity contribution in [2.75, 3.05) is 18.4 Å². The third kappa shape index (κ3) is 4.37. The van der Waals surface area contributed by atoms with Gasteiger partial charge in [-0.1, -0.05) is 22.0 Å². The van der Waals surface area contributed by atoms with Crippen molar-refractivity contribution in [1.29, 1.82) is 0 Å². The number of anilines is 1. The molecule has 0 aromatic heterocycles. The highest BCUT2D eigenvalue weighted by molar-refractivity contribution is 9.10. The van der Waals surface area contributed by atoms with Gasteiger partial charge in [0.15, 0.2) is 0 Å². The first-order valence-corrected chi connectivity index (χ1v) is 8.05. The molecule has 2 rings (SSSR count). The van der Waals surface area contributed by atoms with Crippen LogP contribution in [0.5, 0.6) is 0 Å². The second-order valence-corrected chi connectivity index (χ2v) is 7.32. The molecule has 0 saturated carbocycles. The monoisotopic (exact) mass is 354 g/mol. The van der Waals surface area contributed by atoms with E-state index in [1.54, 1.807) is 4.90 Å². The summed E-state index contributed by atoms with van der Waals surface area (Å²) in [5.74, 6) is 0. The number of benzene rings is 1. The third-order valence-electron chi connectivity index (χ3n) is 3.47. The molecule has 1 aliphatic heterocycles. The van der Waals surface area contributed by atoms with Crippen LogP contribution in [0.2, 0.25) is 0 Å². The molecule has 1 amide bonds. The molecule has 1 saturated heterocycles. The quantitative estimate of drug-likeness (QED) is 0.865. The number of hydrogen-bond donors (Lipinski definition) is 1. The second-order valence-electron chi connectivity index (χ2n) is 6.47. The van der Waals surface area contributed by atoms with E-state index < -0.39 is 5.60 Å². The normalized spacial score (nSPS) is 18.7. The zero-order valence-corrected chi connectivity index (χ0v) is 14.7. The summed E-state index contributed by atoms with van der Waals surface area (Å²) in [6.07, 6.45) is 0.711. The number of carbonyl (C=O) groups is 1. The van der Waals surface area contributed by atoms with Crippen LogP contribution in [0.1, 0.15) is 32.8 Å². The van der Waals surface area contributed by atoms with Gasteiger partial charge in [0.25, 0.3) is 0 Å². The van der Waals surface area contributed by atoms with E-state index >= 15 is 0 Å². The Labute approximate surface area is 135 Å². The van der Waals surface area contributed by atoms with Gasteiger partial charge in [0.2, 0.25) is 0 Å². The summed E-state index contributed by atoms with van der Waals surface area (Å²) in [7, 11) is 0. The molecule has 116 valence electrons. The number of likely N-dealkylation sites (tertiary alicyclic amines) is 1. The van der Waals surface area contributed by atoms with Gasteiger partial charge in [-0.25, -0.2) is 4.79 Å². The Morgan fingerprint density at radius 1 is 1.43 bits per heavy atom. The van der Waals surface area contributed by atoms with Gasteiger partial charge >= 0.3 is 6.09 Å². The van der Waals surface area contributed by atoms with E-state index in [1.165, 1.54) is 5.56 Å². The van der Waals surface area contributed by atoms with E-state index in [4.69, 9.17) is 4.74 Å². The van der Waals surface area contributed by atoms with E-state index in [9.17, 15) is 4.79 Å². The predicted molar refractivity (Wildman–Crippen MR) is 88.7 cm³/mol. The number of ether oxygens (including phenoxy) is 1.